The van der Waals surface area contributed by atoms with E-state index < -0.39 is 0 Å². The molecule has 2 aromatic heterocycles. The Hall–Kier alpha value is -2.96. The monoisotopic (exact) mass is 353 g/mol. The molecule has 7 heteroatoms. The van der Waals surface area contributed by atoms with Crippen LogP contribution in [0.15, 0.2) is 42.7 Å². The van der Waals surface area contributed by atoms with E-state index in [0.717, 1.165) is 36.6 Å². The normalized spacial score (nSPS) is 16.8. The molecule has 26 heavy (non-hydrogen) atoms. The standard InChI is InChI=1S/C19H23N5O2/c1-14(25)21-12-19(26)24-10-4-5-15(13-24)17-8-7-16(11-22-17)23-18-6-2-3-9-20-18/h2-3,6-9,11,15H,4-5,10,12-13H2,1H3,(H,20,23)(H,21,25). The van der Waals surface area contributed by atoms with Gasteiger partial charge in [-0.05, 0) is 37.1 Å². The first-order chi connectivity index (χ1) is 12.6. The molecule has 1 unspecified atom stereocenters. The molecule has 1 saturated heterocycles. The molecule has 136 valence electrons. The Morgan fingerprint density at radius 3 is 2.81 bits per heavy atom. The van der Waals surface area contributed by atoms with Crippen LogP contribution >= 0.6 is 0 Å². The number of carbonyl (C=O) groups excluding carboxylic acids is 2. The first kappa shape index (κ1) is 17.8. The summed E-state index contributed by atoms with van der Waals surface area (Å²) in [6.07, 6.45) is 5.47. The number of pyridine rings is 2. The number of rotatable bonds is 5. The molecule has 1 aliphatic heterocycles. The molecule has 0 bridgehead atoms. The van der Waals surface area contributed by atoms with Gasteiger partial charge in [-0.1, -0.05) is 6.07 Å². The van der Waals surface area contributed by atoms with Crippen LogP contribution in [0.5, 0.6) is 0 Å². The zero-order chi connectivity index (χ0) is 18.4. The van der Waals surface area contributed by atoms with Gasteiger partial charge < -0.3 is 15.5 Å². The molecule has 1 aliphatic rings. The van der Waals surface area contributed by atoms with Gasteiger partial charge in [0.1, 0.15) is 5.82 Å². The fourth-order valence-corrected chi connectivity index (χ4v) is 3.06. The summed E-state index contributed by atoms with van der Waals surface area (Å²) in [4.78, 5) is 33.8. The van der Waals surface area contributed by atoms with E-state index in [1.54, 1.807) is 12.4 Å². The highest BCUT2D eigenvalue weighted by Crippen LogP contribution is 2.26. The third kappa shape index (κ3) is 4.78. The van der Waals surface area contributed by atoms with Crippen molar-refractivity contribution in [1.29, 1.82) is 0 Å². The van der Waals surface area contributed by atoms with E-state index in [1.165, 1.54) is 6.92 Å². The molecule has 3 heterocycles. The lowest BCUT2D eigenvalue weighted by Crippen LogP contribution is -2.44. The maximum Gasteiger partial charge on any atom is 0.241 e. The lowest BCUT2D eigenvalue weighted by atomic mass is 9.94. The zero-order valence-electron chi connectivity index (χ0n) is 14.8. The summed E-state index contributed by atoms with van der Waals surface area (Å²) in [6.45, 7) is 2.84. The quantitative estimate of drug-likeness (QED) is 0.859. The van der Waals surface area contributed by atoms with Crippen molar-refractivity contribution in [1.82, 2.24) is 20.2 Å². The second-order valence-electron chi connectivity index (χ2n) is 6.40. The van der Waals surface area contributed by atoms with Gasteiger partial charge in [-0.3, -0.25) is 14.6 Å². The molecular formula is C19H23N5O2. The second-order valence-corrected chi connectivity index (χ2v) is 6.40. The summed E-state index contributed by atoms with van der Waals surface area (Å²) in [6, 6.07) is 9.67. The van der Waals surface area contributed by atoms with Gasteiger partial charge in [-0.15, -0.1) is 0 Å². The van der Waals surface area contributed by atoms with Gasteiger partial charge in [0, 0.05) is 37.8 Å². The fourth-order valence-electron chi connectivity index (χ4n) is 3.06. The Balaban J connectivity index is 1.59. The predicted molar refractivity (Wildman–Crippen MR) is 99.0 cm³/mol. The van der Waals surface area contributed by atoms with Crippen molar-refractivity contribution in [3.05, 3.63) is 48.4 Å². The molecule has 0 aliphatic carbocycles. The van der Waals surface area contributed by atoms with Crippen molar-refractivity contribution in [2.75, 3.05) is 25.0 Å². The number of amides is 2. The summed E-state index contributed by atoms with van der Waals surface area (Å²) in [5.74, 6) is 0.756. The first-order valence-electron chi connectivity index (χ1n) is 8.78. The molecular weight excluding hydrogens is 330 g/mol. The molecule has 1 fully saturated rings. The minimum Gasteiger partial charge on any atom is -0.347 e. The Morgan fingerprint density at radius 2 is 2.12 bits per heavy atom. The first-order valence-corrected chi connectivity index (χ1v) is 8.78. The van der Waals surface area contributed by atoms with Crippen LogP contribution in [0.1, 0.15) is 31.4 Å². The molecule has 0 aromatic carbocycles. The number of aromatic nitrogens is 2. The van der Waals surface area contributed by atoms with E-state index in [0.29, 0.717) is 6.54 Å². The van der Waals surface area contributed by atoms with Crippen LogP contribution in [-0.4, -0.2) is 46.3 Å². The van der Waals surface area contributed by atoms with E-state index in [9.17, 15) is 9.59 Å². The molecule has 2 N–H and O–H groups in total. The lowest BCUT2D eigenvalue weighted by molar-refractivity contribution is -0.133. The Kier molecular flexibility index (Phi) is 5.78. The van der Waals surface area contributed by atoms with Gasteiger partial charge in [0.2, 0.25) is 11.8 Å². The summed E-state index contributed by atoms with van der Waals surface area (Å²) >= 11 is 0. The fraction of sp³-hybridized carbons (Fsp3) is 0.368. The summed E-state index contributed by atoms with van der Waals surface area (Å²) < 4.78 is 0. The van der Waals surface area contributed by atoms with Crippen molar-refractivity contribution in [2.24, 2.45) is 0 Å². The van der Waals surface area contributed by atoms with Crippen LogP contribution in [0, 0.1) is 0 Å². The van der Waals surface area contributed by atoms with Crippen LogP contribution in [0.2, 0.25) is 0 Å². The van der Waals surface area contributed by atoms with Crippen molar-refractivity contribution in [2.45, 2.75) is 25.7 Å². The maximum atomic E-state index is 12.2. The third-order valence-electron chi connectivity index (χ3n) is 4.40. The van der Waals surface area contributed by atoms with Crippen LogP contribution in [0.3, 0.4) is 0 Å². The number of nitrogens with zero attached hydrogens (tertiary/aromatic N) is 3. The number of carbonyl (C=O) groups is 2. The number of hydrogen-bond acceptors (Lipinski definition) is 5. The van der Waals surface area contributed by atoms with Gasteiger partial charge in [-0.25, -0.2) is 4.98 Å². The maximum absolute atomic E-state index is 12.2. The highest BCUT2D eigenvalue weighted by molar-refractivity contribution is 5.83. The largest absolute Gasteiger partial charge is 0.347 e. The van der Waals surface area contributed by atoms with Crippen LogP contribution in [0.25, 0.3) is 0 Å². The molecule has 3 rings (SSSR count). The Bertz CT molecular complexity index is 748. The van der Waals surface area contributed by atoms with Gasteiger partial charge in [-0.2, -0.15) is 0 Å². The number of nitrogens with one attached hydrogen (secondary N) is 2. The minimum atomic E-state index is -0.190. The minimum absolute atomic E-state index is 0.0432. The molecule has 0 saturated carbocycles. The predicted octanol–water partition coefficient (Wildman–Crippen LogP) is 2.06. The summed E-state index contributed by atoms with van der Waals surface area (Å²) in [7, 11) is 0. The van der Waals surface area contributed by atoms with E-state index in [2.05, 4.69) is 20.6 Å². The van der Waals surface area contributed by atoms with Crippen LogP contribution in [0.4, 0.5) is 11.5 Å². The third-order valence-corrected chi connectivity index (χ3v) is 4.40. The summed E-state index contributed by atoms with van der Waals surface area (Å²) in [5, 5.41) is 5.78. The van der Waals surface area contributed by atoms with Crippen molar-refractivity contribution in [3.8, 4) is 0 Å². The van der Waals surface area contributed by atoms with Crippen molar-refractivity contribution < 1.29 is 9.59 Å². The highest BCUT2D eigenvalue weighted by Gasteiger charge is 2.25. The van der Waals surface area contributed by atoms with Crippen LogP contribution in [-0.2, 0) is 9.59 Å². The van der Waals surface area contributed by atoms with Gasteiger partial charge in [0.05, 0.1) is 18.4 Å². The zero-order valence-corrected chi connectivity index (χ0v) is 14.8. The molecule has 2 amide bonds. The topological polar surface area (TPSA) is 87.2 Å². The van der Waals surface area contributed by atoms with E-state index in [-0.39, 0.29) is 24.3 Å². The van der Waals surface area contributed by atoms with Crippen molar-refractivity contribution >= 4 is 23.3 Å². The molecule has 2 aromatic rings. The van der Waals surface area contributed by atoms with Gasteiger partial charge in [0.25, 0.3) is 0 Å². The van der Waals surface area contributed by atoms with Crippen molar-refractivity contribution in [3.63, 3.8) is 0 Å². The smallest absolute Gasteiger partial charge is 0.241 e. The Labute approximate surface area is 152 Å². The highest BCUT2D eigenvalue weighted by atomic mass is 16.2. The number of anilines is 2. The van der Waals surface area contributed by atoms with Gasteiger partial charge >= 0.3 is 0 Å². The molecule has 7 nitrogen and oxygen atoms in total. The average Bonchev–Trinajstić information content (AvgIpc) is 2.67. The van der Waals surface area contributed by atoms with E-state index >= 15 is 0 Å². The Morgan fingerprint density at radius 1 is 1.23 bits per heavy atom. The van der Waals surface area contributed by atoms with E-state index in [4.69, 9.17) is 0 Å². The van der Waals surface area contributed by atoms with Gasteiger partial charge in [0.15, 0.2) is 0 Å². The SMILES string of the molecule is CC(=O)NCC(=O)N1CCCC(c2ccc(Nc3ccccn3)cn2)C1. The number of likely N-dealkylation sites (tertiary alicyclic amines) is 1. The van der Waals surface area contributed by atoms with Crippen LogP contribution < -0.4 is 10.6 Å². The second kappa shape index (κ2) is 8.42. The lowest BCUT2D eigenvalue weighted by Gasteiger charge is -2.32. The average molecular weight is 353 g/mol. The molecule has 1 atom stereocenters. The molecule has 0 spiro atoms. The summed E-state index contributed by atoms with van der Waals surface area (Å²) in [5.41, 5.74) is 1.86. The molecule has 0 radical (unpaired) electrons. The van der Waals surface area contributed by atoms with E-state index in [1.807, 2.05) is 35.2 Å². The number of hydrogen-bond donors (Lipinski definition) is 2. The number of piperidine rings is 1.